The third-order valence-corrected chi connectivity index (χ3v) is 4.20. The van der Waals surface area contributed by atoms with E-state index in [1.165, 1.54) is 40.5 Å². The monoisotopic (exact) mass is 402 g/mol. The lowest BCUT2D eigenvalue weighted by molar-refractivity contribution is -0.0756. The fourth-order valence-corrected chi connectivity index (χ4v) is 2.73. The summed E-state index contributed by atoms with van der Waals surface area (Å²) >= 11 is 0. The first kappa shape index (κ1) is 21.9. The Morgan fingerprint density at radius 1 is 1.17 bits per heavy atom. The fourth-order valence-electron chi connectivity index (χ4n) is 2.73. The molecule has 154 valence electrons. The number of nitrogens with zero attached hydrogens (tertiary/aromatic N) is 1. The molecule has 29 heavy (non-hydrogen) atoms. The molecule has 0 atom stereocenters. The molecular formula is C21H23FN2O5. The van der Waals surface area contributed by atoms with Crippen molar-refractivity contribution in [3.63, 3.8) is 0 Å². The molecule has 0 saturated carbocycles. The van der Waals surface area contributed by atoms with Gasteiger partial charge >= 0.3 is 0 Å². The van der Waals surface area contributed by atoms with E-state index in [4.69, 9.17) is 14.3 Å². The lowest BCUT2D eigenvalue weighted by Gasteiger charge is -2.17. The molecule has 0 spiro atoms. The average molecular weight is 402 g/mol. The smallest absolute Gasteiger partial charge is 0.279 e. The van der Waals surface area contributed by atoms with Crippen LogP contribution in [0.5, 0.6) is 11.5 Å². The van der Waals surface area contributed by atoms with Crippen molar-refractivity contribution in [2.24, 2.45) is 0 Å². The molecule has 0 heterocycles. The molecule has 0 fully saturated rings. The summed E-state index contributed by atoms with van der Waals surface area (Å²) in [6.07, 6.45) is 2.13. The highest BCUT2D eigenvalue weighted by Crippen LogP contribution is 2.33. The van der Waals surface area contributed by atoms with Gasteiger partial charge < -0.3 is 14.8 Å². The first-order valence-corrected chi connectivity index (χ1v) is 8.65. The molecule has 7 nitrogen and oxygen atoms in total. The van der Waals surface area contributed by atoms with Gasteiger partial charge in [-0.1, -0.05) is 6.08 Å². The molecule has 1 N–H and O–H groups in total. The Kier molecular flexibility index (Phi) is 7.33. The van der Waals surface area contributed by atoms with Crippen molar-refractivity contribution in [3.05, 3.63) is 65.5 Å². The predicted molar refractivity (Wildman–Crippen MR) is 107 cm³/mol. The number of rotatable bonds is 8. The van der Waals surface area contributed by atoms with Crippen LogP contribution in [0.2, 0.25) is 0 Å². The van der Waals surface area contributed by atoms with Gasteiger partial charge in [0.1, 0.15) is 5.82 Å². The third kappa shape index (κ3) is 4.91. The molecule has 0 aliphatic heterocycles. The molecule has 0 saturated heterocycles. The molecular weight excluding hydrogens is 379 g/mol. The van der Waals surface area contributed by atoms with E-state index in [2.05, 4.69) is 11.9 Å². The number of benzene rings is 2. The van der Waals surface area contributed by atoms with Crippen molar-refractivity contribution in [1.29, 1.82) is 0 Å². The molecule has 0 aliphatic carbocycles. The molecule has 2 aromatic carbocycles. The zero-order valence-electron chi connectivity index (χ0n) is 16.7. The van der Waals surface area contributed by atoms with E-state index in [-0.39, 0.29) is 16.8 Å². The number of halogens is 1. The SMILES string of the molecule is C=CCc1cc(C(=O)Nc2ccc(F)cc2C(=O)N(C)OC)cc(OC)c1OC. The molecule has 2 amide bonds. The zero-order chi connectivity index (χ0) is 21.6. The number of carbonyl (C=O) groups is 2. The van der Waals surface area contributed by atoms with E-state index in [1.807, 2.05) is 0 Å². The summed E-state index contributed by atoms with van der Waals surface area (Å²) < 4.78 is 24.4. The maximum atomic E-state index is 13.7. The van der Waals surface area contributed by atoms with E-state index in [1.54, 1.807) is 12.1 Å². The summed E-state index contributed by atoms with van der Waals surface area (Å²) in [6, 6.07) is 6.66. The van der Waals surface area contributed by atoms with Crippen molar-refractivity contribution in [1.82, 2.24) is 5.06 Å². The number of allylic oxidation sites excluding steroid dienone is 1. The van der Waals surface area contributed by atoms with Gasteiger partial charge in [-0.15, -0.1) is 6.58 Å². The molecule has 8 heteroatoms. The van der Waals surface area contributed by atoms with E-state index in [0.29, 0.717) is 23.5 Å². The van der Waals surface area contributed by atoms with Gasteiger partial charge in [-0.2, -0.15) is 0 Å². The van der Waals surface area contributed by atoms with Crippen LogP contribution in [0.25, 0.3) is 0 Å². The van der Waals surface area contributed by atoms with Gasteiger partial charge in [0.05, 0.1) is 32.6 Å². The Morgan fingerprint density at radius 3 is 2.48 bits per heavy atom. The molecule has 0 bridgehead atoms. The number of hydrogen-bond donors (Lipinski definition) is 1. The van der Waals surface area contributed by atoms with Crippen molar-refractivity contribution < 1.29 is 28.3 Å². The van der Waals surface area contributed by atoms with Crippen LogP contribution in [0.4, 0.5) is 10.1 Å². The number of methoxy groups -OCH3 is 2. The lowest BCUT2D eigenvalue weighted by Crippen LogP contribution is -2.27. The highest BCUT2D eigenvalue weighted by atomic mass is 19.1. The number of hydroxylamine groups is 2. The van der Waals surface area contributed by atoms with Crippen LogP contribution >= 0.6 is 0 Å². The van der Waals surface area contributed by atoms with Gasteiger partial charge in [0.15, 0.2) is 11.5 Å². The Balaban J connectivity index is 2.44. The van der Waals surface area contributed by atoms with Crippen LogP contribution in [0.3, 0.4) is 0 Å². The standard InChI is InChI=1S/C21H23FN2O5/c1-6-7-13-10-14(11-18(27-3)19(13)28-4)20(25)23-17-9-8-15(22)12-16(17)21(26)24(2)29-5/h6,8-12H,1,7H2,2-5H3,(H,23,25). The zero-order valence-corrected chi connectivity index (χ0v) is 16.7. The van der Waals surface area contributed by atoms with Crippen molar-refractivity contribution >= 4 is 17.5 Å². The molecule has 0 aliphatic rings. The summed E-state index contributed by atoms with van der Waals surface area (Å²) in [7, 11) is 5.66. The number of anilines is 1. The number of nitrogens with one attached hydrogen (secondary N) is 1. The van der Waals surface area contributed by atoms with E-state index >= 15 is 0 Å². The minimum Gasteiger partial charge on any atom is -0.493 e. The van der Waals surface area contributed by atoms with Gasteiger partial charge in [-0.25, -0.2) is 9.45 Å². The molecule has 2 rings (SSSR count). The number of carbonyl (C=O) groups excluding carboxylic acids is 2. The van der Waals surface area contributed by atoms with Gasteiger partial charge in [0.2, 0.25) is 0 Å². The van der Waals surface area contributed by atoms with E-state index in [9.17, 15) is 14.0 Å². The summed E-state index contributed by atoms with van der Waals surface area (Å²) in [5.74, 6) is -0.843. The Labute approximate surface area is 168 Å². The lowest BCUT2D eigenvalue weighted by atomic mass is 10.0. The second-order valence-corrected chi connectivity index (χ2v) is 5.99. The van der Waals surface area contributed by atoms with E-state index < -0.39 is 17.6 Å². The van der Waals surface area contributed by atoms with Crippen LogP contribution in [0, 0.1) is 5.82 Å². The van der Waals surface area contributed by atoms with E-state index in [0.717, 1.165) is 17.2 Å². The molecule has 0 aromatic heterocycles. The Bertz CT molecular complexity index is 930. The molecule has 0 unspecified atom stereocenters. The molecule has 0 radical (unpaired) electrons. The summed E-state index contributed by atoms with van der Waals surface area (Å²) in [4.78, 5) is 30.1. The van der Waals surface area contributed by atoms with Crippen LogP contribution < -0.4 is 14.8 Å². The largest absolute Gasteiger partial charge is 0.493 e. The Morgan fingerprint density at radius 2 is 1.90 bits per heavy atom. The van der Waals surface area contributed by atoms with Crippen LogP contribution in [0.15, 0.2) is 43.0 Å². The first-order valence-electron chi connectivity index (χ1n) is 8.65. The highest BCUT2D eigenvalue weighted by molar-refractivity contribution is 6.09. The van der Waals surface area contributed by atoms with Crippen molar-refractivity contribution in [2.45, 2.75) is 6.42 Å². The maximum Gasteiger partial charge on any atom is 0.279 e. The third-order valence-electron chi connectivity index (χ3n) is 4.20. The number of amides is 2. The number of hydrogen-bond acceptors (Lipinski definition) is 5. The second-order valence-electron chi connectivity index (χ2n) is 5.99. The summed E-state index contributed by atoms with van der Waals surface area (Å²) in [5, 5.41) is 3.57. The predicted octanol–water partition coefficient (Wildman–Crippen LogP) is 3.46. The fraction of sp³-hybridized carbons (Fsp3) is 0.238. The van der Waals surface area contributed by atoms with Crippen LogP contribution in [-0.4, -0.2) is 45.3 Å². The summed E-state index contributed by atoms with van der Waals surface area (Å²) in [6.45, 7) is 3.71. The Hall–Kier alpha value is -3.39. The summed E-state index contributed by atoms with van der Waals surface area (Å²) in [5.41, 5.74) is 1.09. The number of ether oxygens (including phenoxy) is 2. The van der Waals surface area contributed by atoms with Gasteiger partial charge in [-0.3, -0.25) is 14.4 Å². The average Bonchev–Trinajstić information content (AvgIpc) is 2.73. The van der Waals surface area contributed by atoms with Crippen LogP contribution in [0.1, 0.15) is 26.3 Å². The minimum atomic E-state index is -0.616. The van der Waals surface area contributed by atoms with Crippen molar-refractivity contribution in [3.8, 4) is 11.5 Å². The highest BCUT2D eigenvalue weighted by Gasteiger charge is 2.20. The normalized spacial score (nSPS) is 10.2. The van der Waals surface area contributed by atoms with Gasteiger partial charge in [0, 0.05) is 18.2 Å². The molecule has 2 aromatic rings. The maximum absolute atomic E-state index is 13.7. The topological polar surface area (TPSA) is 77.1 Å². The minimum absolute atomic E-state index is 0.0468. The van der Waals surface area contributed by atoms with Gasteiger partial charge in [-0.05, 0) is 36.8 Å². The van der Waals surface area contributed by atoms with Crippen LogP contribution in [-0.2, 0) is 11.3 Å². The van der Waals surface area contributed by atoms with Crippen molar-refractivity contribution in [2.75, 3.05) is 33.7 Å². The van der Waals surface area contributed by atoms with Gasteiger partial charge in [0.25, 0.3) is 11.8 Å². The first-order chi connectivity index (χ1) is 13.9. The second kappa shape index (κ2) is 9.70. The quantitative estimate of drug-likeness (QED) is 0.541.